The Bertz CT molecular complexity index is 996. The van der Waals surface area contributed by atoms with Crippen molar-refractivity contribution in [2.75, 3.05) is 13.7 Å². The number of rotatable bonds is 7. The molecular weight excluding hydrogens is 426 g/mol. The maximum atomic E-state index is 12.9. The molecule has 3 rings (SSSR count). The first-order chi connectivity index (χ1) is 15.7. The summed E-state index contributed by atoms with van der Waals surface area (Å²) in [7, 11) is 1.10. The third-order valence-electron chi connectivity index (χ3n) is 6.73. The van der Waals surface area contributed by atoms with Crippen LogP contribution in [0.25, 0.3) is 6.08 Å². The number of benzene rings is 1. The number of carbonyl (C=O) groups is 3. The maximum absolute atomic E-state index is 12.9. The number of aliphatic hydroxyl groups excluding tert-OH is 2. The lowest BCUT2D eigenvalue weighted by Crippen LogP contribution is -2.39. The molecule has 2 aliphatic rings. The molecule has 0 aromatic heterocycles. The summed E-state index contributed by atoms with van der Waals surface area (Å²) in [6, 6.07) is 7.01. The Hall–Kier alpha value is -2.97. The van der Waals surface area contributed by atoms with Crippen molar-refractivity contribution in [1.82, 2.24) is 4.90 Å². The van der Waals surface area contributed by atoms with Crippen molar-refractivity contribution < 1.29 is 34.4 Å². The third kappa shape index (κ3) is 4.72. The quantitative estimate of drug-likeness (QED) is 0.425. The Labute approximate surface area is 193 Å². The van der Waals surface area contributed by atoms with Crippen molar-refractivity contribution in [2.24, 2.45) is 17.8 Å². The van der Waals surface area contributed by atoms with Gasteiger partial charge in [0.15, 0.2) is 0 Å². The van der Waals surface area contributed by atoms with Gasteiger partial charge in [0.05, 0.1) is 31.7 Å². The fourth-order valence-electron chi connectivity index (χ4n) is 5.05. The molecule has 1 aliphatic heterocycles. The van der Waals surface area contributed by atoms with Crippen LogP contribution in [0.5, 0.6) is 5.75 Å². The third-order valence-corrected chi connectivity index (χ3v) is 6.73. The molecule has 0 radical (unpaired) electrons. The normalized spacial score (nSPS) is 24.2. The van der Waals surface area contributed by atoms with Crippen LogP contribution in [0.15, 0.2) is 41.0 Å². The number of para-hydroxylation sites is 1. The minimum absolute atomic E-state index is 0.181. The predicted octanol–water partition coefficient (Wildman–Crippen LogP) is 3.02. The number of allylic oxidation sites excluding steroid dienone is 2. The van der Waals surface area contributed by atoms with Crippen LogP contribution in [-0.2, 0) is 14.3 Å². The summed E-state index contributed by atoms with van der Waals surface area (Å²) in [4.78, 5) is 38.1. The number of imide groups is 3. The van der Waals surface area contributed by atoms with Gasteiger partial charge in [0, 0.05) is 11.5 Å². The van der Waals surface area contributed by atoms with Crippen molar-refractivity contribution in [3.8, 4) is 5.75 Å². The zero-order valence-corrected chi connectivity index (χ0v) is 19.2. The number of amides is 3. The molecule has 178 valence electrons. The molecule has 1 fully saturated rings. The SMILES string of the molecule is CC/C(=C\c1ccccc1O)CC[C@@H](O)C1=C(C)C[C@H]2C(=O)N(C(=O)OC)C(=O)[C@H]2[C@H]1CO. The molecule has 0 saturated carbocycles. The molecule has 3 amide bonds. The standard InChI is InChI=1S/C25H31NO7/c1-4-15(12-16-7-5-6-8-19(16)28)9-10-20(29)21-14(2)11-17-22(18(21)13-27)24(31)26(23(17)30)25(32)33-3/h5-8,12,17-18,20,22,27-29H,4,9-11,13H2,1-3H3/b15-12+/t17-,18+,20-,22-/m1/s1. The van der Waals surface area contributed by atoms with Crippen molar-refractivity contribution in [1.29, 1.82) is 0 Å². The van der Waals surface area contributed by atoms with Gasteiger partial charge in [-0.15, -0.1) is 0 Å². The van der Waals surface area contributed by atoms with Gasteiger partial charge in [-0.25, -0.2) is 4.79 Å². The van der Waals surface area contributed by atoms with Crippen LogP contribution in [0.1, 0.15) is 45.1 Å². The molecule has 8 heteroatoms. The number of hydrogen-bond acceptors (Lipinski definition) is 7. The van der Waals surface area contributed by atoms with Gasteiger partial charge < -0.3 is 20.1 Å². The highest BCUT2D eigenvalue weighted by molar-refractivity contribution is 6.15. The van der Waals surface area contributed by atoms with Crippen LogP contribution in [0.2, 0.25) is 0 Å². The van der Waals surface area contributed by atoms with Crippen molar-refractivity contribution >= 4 is 24.0 Å². The first-order valence-corrected chi connectivity index (χ1v) is 11.2. The molecule has 0 unspecified atom stereocenters. The number of fused-ring (bicyclic) bond motifs is 1. The smallest absolute Gasteiger partial charge is 0.423 e. The number of phenols is 1. The topological polar surface area (TPSA) is 124 Å². The lowest BCUT2D eigenvalue weighted by Gasteiger charge is -2.35. The second-order valence-corrected chi connectivity index (χ2v) is 8.61. The monoisotopic (exact) mass is 457 g/mol. The van der Waals surface area contributed by atoms with E-state index in [9.17, 15) is 29.7 Å². The summed E-state index contributed by atoms with van der Waals surface area (Å²) in [6.07, 6.45) is 1.83. The second kappa shape index (κ2) is 10.3. The highest BCUT2D eigenvalue weighted by atomic mass is 16.5. The predicted molar refractivity (Wildman–Crippen MR) is 121 cm³/mol. The summed E-state index contributed by atoms with van der Waals surface area (Å²) in [5.74, 6) is -3.55. The van der Waals surface area contributed by atoms with Gasteiger partial charge in [-0.3, -0.25) is 9.59 Å². The van der Waals surface area contributed by atoms with E-state index in [2.05, 4.69) is 4.74 Å². The van der Waals surface area contributed by atoms with Gasteiger partial charge in [0.25, 0.3) is 0 Å². The zero-order valence-electron chi connectivity index (χ0n) is 19.2. The first-order valence-electron chi connectivity index (χ1n) is 11.2. The molecular formula is C25H31NO7. The second-order valence-electron chi connectivity index (χ2n) is 8.61. The number of aromatic hydroxyl groups is 1. The molecule has 0 bridgehead atoms. The van der Waals surface area contributed by atoms with Crippen LogP contribution in [0, 0.1) is 17.8 Å². The Morgan fingerprint density at radius 1 is 1.27 bits per heavy atom. The van der Waals surface area contributed by atoms with Crippen LogP contribution in [0.3, 0.4) is 0 Å². The van der Waals surface area contributed by atoms with E-state index in [1.807, 2.05) is 25.1 Å². The van der Waals surface area contributed by atoms with Gasteiger partial charge in [0.1, 0.15) is 5.75 Å². The van der Waals surface area contributed by atoms with Gasteiger partial charge in [-0.05, 0) is 44.2 Å². The number of likely N-dealkylation sites (tertiary alicyclic amines) is 1. The number of methoxy groups -OCH3 is 1. The number of hydrogen-bond donors (Lipinski definition) is 3. The molecule has 1 aromatic carbocycles. The Morgan fingerprint density at radius 3 is 2.58 bits per heavy atom. The van der Waals surface area contributed by atoms with Crippen molar-refractivity contribution in [3.63, 3.8) is 0 Å². The van der Waals surface area contributed by atoms with Crippen molar-refractivity contribution in [2.45, 2.75) is 45.6 Å². The van der Waals surface area contributed by atoms with Gasteiger partial charge in [-0.1, -0.05) is 42.3 Å². The zero-order chi connectivity index (χ0) is 24.3. The molecule has 33 heavy (non-hydrogen) atoms. The Balaban J connectivity index is 1.81. The van der Waals surface area contributed by atoms with E-state index in [4.69, 9.17) is 0 Å². The van der Waals surface area contributed by atoms with E-state index in [0.29, 0.717) is 28.9 Å². The molecule has 1 aliphatic carbocycles. The van der Waals surface area contributed by atoms with E-state index in [-0.39, 0.29) is 12.2 Å². The van der Waals surface area contributed by atoms with Gasteiger partial charge in [0.2, 0.25) is 11.8 Å². The summed E-state index contributed by atoms with van der Waals surface area (Å²) < 4.78 is 4.58. The largest absolute Gasteiger partial charge is 0.507 e. The molecule has 8 nitrogen and oxygen atoms in total. The lowest BCUT2D eigenvalue weighted by atomic mass is 9.68. The minimum atomic E-state index is -1.03. The average molecular weight is 458 g/mol. The first kappa shape index (κ1) is 24.7. The average Bonchev–Trinajstić information content (AvgIpc) is 3.05. The van der Waals surface area contributed by atoms with Crippen molar-refractivity contribution in [3.05, 3.63) is 46.5 Å². The van der Waals surface area contributed by atoms with Crippen LogP contribution < -0.4 is 0 Å². The summed E-state index contributed by atoms with van der Waals surface area (Å²) in [5.41, 5.74) is 3.04. The maximum Gasteiger partial charge on any atom is 0.423 e. The lowest BCUT2D eigenvalue weighted by molar-refractivity contribution is -0.137. The molecule has 1 aromatic rings. The fourth-order valence-corrected chi connectivity index (χ4v) is 5.05. The fraction of sp³-hybridized carbons (Fsp3) is 0.480. The number of ether oxygens (including phenoxy) is 1. The minimum Gasteiger partial charge on any atom is -0.507 e. The number of nitrogens with zero attached hydrogens (tertiary/aromatic N) is 1. The molecule has 3 N–H and O–H groups in total. The molecule has 1 saturated heterocycles. The van der Waals surface area contributed by atoms with E-state index >= 15 is 0 Å². The van der Waals surface area contributed by atoms with Crippen LogP contribution >= 0.6 is 0 Å². The van der Waals surface area contributed by atoms with E-state index in [1.165, 1.54) is 0 Å². The summed E-state index contributed by atoms with van der Waals surface area (Å²) in [6.45, 7) is 3.36. The number of phenolic OH excluding ortho intramolecular Hbond substituents is 1. The van der Waals surface area contributed by atoms with E-state index in [1.54, 1.807) is 19.1 Å². The van der Waals surface area contributed by atoms with Gasteiger partial charge >= 0.3 is 6.09 Å². The summed E-state index contributed by atoms with van der Waals surface area (Å²) in [5, 5.41) is 31.2. The van der Waals surface area contributed by atoms with Crippen LogP contribution in [-0.4, -0.2) is 57.9 Å². The number of aliphatic hydroxyl groups is 2. The molecule has 4 atom stereocenters. The summed E-state index contributed by atoms with van der Waals surface area (Å²) >= 11 is 0. The van der Waals surface area contributed by atoms with E-state index in [0.717, 1.165) is 24.7 Å². The highest BCUT2D eigenvalue weighted by Gasteiger charge is 2.56. The molecule has 0 spiro atoms. The Morgan fingerprint density at radius 2 is 1.97 bits per heavy atom. The van der Waals surface area contributed by atoms with E-state index < -0.39 is 48.4 Å². The van der Waals surface area contributed by atoms with Crippen LogP contribution in [0.4, 0.5) is 4.79 Å². The highest BCUT2D eigenvalue weighted by Crippen LogP contribution is 2.46. The molecule has 1 heterocycles. The van der Waals surface area contributed by atoms with Gasteiger partial charge in [-0.2, -0.15) is 4.90 Å². The Kier molecular flexibility index (Phi) is 7.71. The number of carbonyl (C=O) groups excluding carboxylic acids is 3.